The molecule has 6 bridgehead atoms. The third-order valence-corrected chi connectivity index (χ3v) is 7.76. The molecular weight excluding hydrogens is 588 g/mol. The minimum Gasteiger partial charge on any atom is -0.504 e. The molecule has 0 saturated carbocycles. The fourth-order valence-corrected chi connectivity index (χ4v) is 5.25. The van der Waals surface area contributed by atoms with E-state index in [1.54, 1.807) is 0 Å². The van der Waals surface area contributed by atoms with E-state index in [9.17, 15) is 24.9 Å². The number of rotatable bonds is 4. The number of carbonyl (C=O) groups excluding carboxylic acids is 2. The second kappa shape index (κ2) is 14.5. The third-order valence-electron chi connectivity index (χ3n) is 7.76. The molecule has 10 nitrogen and oxygen atoms in total. The van der Waals surface area contributed by atoms with Crippen LogP contribution in [0.5, 0.6) is 34.5 Å². The maximum Gasteiger partial charge on any atom is 0.244 e. The molecule has 0 fully saturated rings. The van der Waals surface area contributed by atoms with E-state index in [1.807, 2.05) is 48.5 Å². The van der Waals surface area contributed by atoms with Gasteiger partial charge in [0.25, 0.3) is 0 Å². The Morgan fingerprint density at radius 2 is 1.37 bits per heavy atom. The number of aliphatic hydroxyl groups excluding tert-OH is 1. The molecule has 2 amide bonds. The summed E-state index contributed by atoms with van der Waals surface area (Å²) in [7, 11) is 2.75. The topological polar surface area (TPSA) is 147 Å². The van der Waals surface area contributed by atoms with E-state index in [0.29, 0.717) is 36.4 Å². The maximum atomic E-state index is 13.8. The minimum atomic E-state index is -1.47. The summed E-state index contributed by atoms with van der Waals surface area (Å²) in [6, 6.07) is 22.5. The molecule has 0 aromatic heterocycles. The summed E-state index contributed by atoms with van der Waals surface area (Å²) in [6.45, 7) is 0.639. The summed E-state index contributed by atoms with van der Waals surface area (Å²) in [5.41, 5.74) is 2.80. The number of amides is 2. The molecule has 5 N–H and O–H groups in total. The van der Waals surface area contributed by atoms with Crippen LogP contribution < -0.4 is 24.8 Å². The molecule has 3 aliphatic rings. The second-order valence-corrected chi connectivity index (χ2v) is 10.8. The van der Waals surface area contributed by atoms with Gasteiger partial charge in [0.05, 0.1) is 26.2 Å². The number of nitrogens with one attached hydrogen (secondary N) is 2. The first-order chi connectivity index (χ1) is 22.2. The highest BCUT2D eigenvalue weighted by molar-refractivity contribution is 5.92. The van der Waals surface area contributed by atoms with Crippen molar-refractivity contribution in [2.24, 2.45) is 0 Å². The summed E-state index contributed by atoms with van der Waals surface area (Å²) in [6.07, 6.45) is 2.53. The zero-order chi connectivity index (χ0) is 32.6. The average Bonchev–Trinajstić information content (AvgIpc) is 3.06. The minimum absolute atomic E-state index is 0.0575. The molecule has 0 radical (unpaired) electrons. The molecule has 238 valence electrons. The normalized spacial score (nSPS) is 16.2. The van der Waals surface area contributed by atoms with Gasteiger partial charge in [-0.1, -0.05) is 30.3 Å². The van der Waals surface area contributed by atoms with Crippen LogP contribution in [-0.2, 0) is 22.4 Å². The molecular formula is C36H36N2O8. The van der Waals surface area contributed by atoms with Gasteiger partial charge < -0.3 is 40.2 Å². The number of carbonyl (C=O) groups is 2. The molecule has 46 heavy (non-hydrogen) atoms. The molecule has 3 aliphatic heterocycles. The highest BCUT2D eigenvalue weighted by Gasteiger charge is 2.34. The summed E-state index contributed by atoms with van der Waals surface area (Å²) >= 11 is 0. The van der Waals surface area contributed by atoms with Crippen molar-refractivity contribution in [1.82, 2.24) is 10.6 Å². The van der Waals surface area contributed by atoms with Crippen LogP contribution in [0.15, 0.2) is 84.9 Å². The van der Waals surface area contributed by atoms with Crippen LogP contribution in [0.1, 0.15) is 39.8 Å². The fourth-order valence-electron chi connectivity index (χ4n) is 5.25. The smallest absolute Gasteiger partial charge is 0.244 e. The number of hydrogen-bond acceptors (Lipinski definition) is 8. The quantitative estimate of drug-likeness (QED) is 0.218. The molecule has 0 spiro atoms. The summed E-state index contributed by atoms with van der Waals surface area (Å²) in [5.74, 6) is -1.15. The Morgan fingerprint density at radius 1 is 0.761 bits per heavy atom. The Kier molecular flexibility index (Phi) is 10.1. The predicted molar refractivity (Wildman–Crippen MR) is 172 cm³/mol. The number of phenols is 2. The highest BCUT2D eigenvalue weighted by atomic mass is 16.5. The van der Waals surface area contributed by atoms with Gasteiger partial charge in [-0.15, -0.1) is 0 Å². The molecule has 7 rings (SSSR count). The Balaban J connectivity index is 1.52. The monoisotopic (exact) mass is 624 g/mol. The molecule has 0 aliphatic carbocycles. The number of aromatic hydroxyl groups is 2. The molecule has 4 aromatic rings. The van der Waals surface area contributed by atoms with Crippen molar-refractivity contribution < 1.29 is 39.1 Å². The van der Waals surface area contributed by atoms with Crippen molar-refractivity contribution in [3.05, 3.63) is 113 Å². The van der Waals surface area contributed by atoms with Gasteiger partial charge in [-0.3, -0.25) is 9.59 Å². The van der Waals surface area contributed by atoms with Crippen molar-refractivity contribution in [2.45, 2.75) is 24.9 Å². The van der Waals surface area contributed by atoms with Gasteiger partial charge in [-0.2, -0.15) is 0 Å². The van der Waals surface area contributed by atoms with Gasteiger partial charge in [0.15, 0.2) is 23.0 Å². The van der Waals surface area contributed by atoms with Crippen molar-refractivity contribution >= 4 is 17.9 Å². The Morgan fingerprint density at radius 3 is 1.98 bits per heavy atom. The molecule has 10 heteroatoms. The number of fused-ring (bicyclic) bond motifs is 2. The maximum absolute atomic E-state index is 13.8. The van der Waals surface area contributed by atoms with Crippen molar-refractivity contribution in [3.8, 4) is 34.5 Å². The summed E-state index contributed by atoms with van der Waals surface area (Å²) < 4.78 is 16.6. The zero-order valence-corrected chi connectivity index (χ0v) is 25.5. The molecule has 2 atom stereocenters. The Bertz CT molecular complexity index is 1720. The van der Waals surface area contributed by atoms with Gasteiger partial charge in [-0.05, 0) is 89.7 Å². The number of ether oxygens (including phenoxy) is 3. The first kappa shape index (κ1) is 31.9. The average molecular weight is 625 g/mol. The van der Waals surface area contributed by atoms with Crippen LogP contribution in [0, 0.1) is 0 Å². The van der Waals surface area contributed by atoms with E-state index in [-0.39, 0.29) is 46.6 Å². The van der Waals surface area contributed by atoms with Gasteiger partial charge in [0.1, 0.15) is 11.5 Å². The van der Waals surface area contributed by atoms with Gasteiger partial charge >= 0.3 is 0 Å². The van der Waals surface area contributed by atoms with Crippen LogP contribution in [-0.4, -0.2) is 54.4 Å². The standard InChI is InChI=1S/C36H36N2O8/c1-44-30-21-25(8-13-29(30)39)34(41)33-28-19-24(20-31(45-2)35(28)42)7-14-32(40)37-17-15-22-3-9-26(10-4-22)46-27-11-5-23(6-12-27)16-18-38-36(33)43/h3-14,19-21,33-34,39,41-42H,15-18H2,1-2H3,(H,37,40)(H,38,43)/t33-,34-/m1/s1. The SMILES string of the molecule is COc1cc([C@@H](O)[C@@H]2C(=O)NCCc3ccc(cc3)Oc3ccc(cc3)CCNC(=O)C=Cc3cc(OC)c(O)c2c3)ccc1O. The number of methoxy groups -OCH3 is 2. The van der Waals surface area contributed by atoms with E-state index >= 15 is 0 Å². The van der Waals surface area contributed by atoms with Gasteiger partial charge in [-0.25, -0.2) is 0 Å². The summed E-state index contributed by atoms with van der Waals surface area (Å²) in [4.78, 5) is 26.5. The zero-order valence-electron chi connectivity index (χ0n) is 25.5. The number of hydrogen-bond donors (Lipinski definition) is 5. The van der Waals surface area contributed by atoms with E-state index in [0.717, 1.165) is 11.1 Å². The van der Waals surface area contributed by atoms with Gasteiger partial charge in [0, 0.05) is 24.7 Å². The first-order valence-corrected chi connectivity index (χ1v) is 14.8. The van der Waals surface area contributed by atoms with Gasteiger partial charge in [0.2, 0.25) is 11.8 Å². The molecule has 3 heterocycles. The summed E-state index contributed by atoms with van der Waals surface area (Å²) in [5, 5.41) is 38.7. The van der Waals surface area contributed by atoms with Crippen molar-refractivity contribution in [1.29, 1.82) is 0 Å². The largest absolute Gasteiger partial charge is 0.504 e. The predicted octanol–water partition coefficient (Wildman–Crippen LogP) is 4.77. The van der Waals surface area contributed by atoms with Crippen LogP contribution in [0.3, 0.4) is 0 Å². The third kappa shape index (κ3) is 7.59. The number of aliphatic hydroxyl groups is 1. The fraction of sp³-hybridized carbons (Fsp3) is 0.222. The van der Waals surface area contributed by atoms with E-state index in [1.165, 1.54) is 56.7 Å². The van der Waals surface area contributed by atoms with Crippen molar-refractivity contribution in [3.63, 3.8) is 0 Å². The molecule has 0 saturated heterocycles. The van der Waals surface area contributed by atoms with E-state index < -0.39 is 17.9 Å². The van der Waals surface area contributed by atoms with Crippen LogP contribution in [0.4, 0.5) is 0 Å². The molecule has 0 unspecified atom stereocenters. The van der Waals surface area contributed by atoms with E-state index in [4.69, 9.17) is 14.2 Å². The lowest BCUT2D eigenvalue weighted by molar-refractivity contribution is -0.125. The first-order valence-electron chi connectivity index (χ1n) is 14.8. The van der Waals surface area contributed by atoms with Crippen LogP contribution in [0.2, 0.25) is 0 Å². The van der Waals surface area contributed by atoms with Crippen molar-refractivity contribution in [2.75, 3.05) is 27.3 Å². The lowest BCUT2D eigenvalue weighted by Crippen LogP contribution is -2.34. The van der Waals surface area contributed by atoms with Crippen LogP contribution in [0.25, 0.3) is 6.08 Å². The van der Waals surface area contributed by atoms with E-state index in [2.05, 4.69) is 10.6 Å². The lowest BCUT2D eigenvalue weighted by atomic mass is 9.86. The number of phenolic OH excluding ortho intramolecular Hbond substituents is 2. The van der Waals surface area contributed by atoms with Crippen LogP contribution >= 0.6 is 0 Å². The number of benzene rings is 4. The Hall–Kier alpha value is -5.48. The Labute approximate surface area is 266 Å². The highest BCUT2D eigenvalue weighted by Crippen LogP contribution is 2.43. The lowest BCUT2D eigenvalue weighted by Gasteiger charge is -2.25. The molecule has 4 aromatic carbocycles. The second-order valence-electron chi connectivity index (χ2n) is 10.8.